The van der Waals surface area contributed by atoms with E-state index in [0.29, 0.717) is 0 Å². The van der Waals surface area contributed by atoms with Gasteiger partial charge in [0, 0.05) is 47.3 Å². The fraction of sp³-hybridized carbons (Fsp3) is 0.511. The molecule has 0 bridgehead atoms. The molecule has 0 saturated heterocycles. The molecule has 0 N–H and O–H groups in total. The lowest BCUT2D eigenvalue weighted by Gasteiger charge is -2.11. The Kier molecular flexibility index (Phi) is 12.3. The van der Waals surface area contributed by atoms with Crippen molar-refractivity contribution >= 4 is 54.1 Å². The van der Waals surface area contributed by atoms with Gasteiger partial charge in [0.2, 0.25) is 0 Å². The van der Waals surface area contributed by atoms with Crippen LogP contribution in [0.5, 0.6) is 0 Å². The predicted octanol–water partition coefficient (Wildman–Crippen LogP) is 14.5. The summed E-state index contributed by atoms with van der Waals surface area (Å²) in [6.07, 6.45) is 30.9. The van der Waals surface area contributed by atoms with Crippen molar-refractivity contribution in [2.24, 2.45) is 0 Å². The van der Waals surface area contributed by atoms with Gasteiger partial charge < -0.3 is 9.13 Å². The topological polar surface area (TPSA) is 9.86 Å². The zero-order chi connectivity index (χ0) is 32.3. The Morgan fingerprint density at radius 1 is 0.298 bits per heavy atom. The first-order valence-corrected chi connectivity index (χ1v) is 19.6. The average Bonchev–Trinajstić information content (AvgIpc) is 3.72. The van der Waals surface area contributed by atoms with Crippen LogP contribution >= 0.6 is 0 Å². The quantitative estimate of drug-likeness (QED) is 0.0554. The molecule has 0 aliphatic rings. The van der Waals surface area contributed by atoms with Crippen LogP contribution in [0.4, 0.5) is 0 Å². The molecule has 2 heterocycles. The molecule has 0 fully saturated rings. The first kappa shape index (κ1) is 33.6. The second-order valence-electron chi connectivity index (χ2n) is 14.4. The van der Waals surface area contributed by atoms with Gasteiger partial charge in [-0.2, -0.15) is 0 Å². The number of aryl methyl sites for hydroxylation is 2. The molecule has 6 rings (SSSR count). The molecular weight excluding hydrogens is 569 g/mol. The molecule has 250 valence electrons. The normalized spacial score (nSPS) is 12.1. The summed E-state index contributed by atoms with van der Waals surface area (Å²) in [6, 6.07) is 23.7. The molecule has 0 saturated carbocycles. The van der Waals surface area contributed by atoms with Crippen molar-refractivity contribution in [2.45, 2.75) is 149 Å². The van der Waals surface area contributed by atoms with Gasteiger partial charge in [-0.15, -0.1) is 0 Å². The molecule has 0 atom stereocenters. The fourth-order valence-corrected chi connectivity index (χ4v) is 8.15. The van der Waals surface area contributed by atoms with Crippen molar-refractivity contribution < 1.29 is 0 Å². The SMILES string of the molecule is CCCCCCCCCCCCCCCn1ccc2c3ccc4c(ccc5c4ccc4c5ccn4CCCCCCCC)c3ccc21. The third-order valence-electron chi connectivity index (χ3n) is 10.9. The highest BCUT2D eigenvalue weighted by Crippen LogP contribution is 2.37. The van der Waals surface area contributed by atoms with E-state index in [0.717, 1.165) is 13.1 Å². The molecule has 2 heteroatoms. The van der Waals surface area contributed by atoms with Gasteiger partial charge in [0.05, 0.1) is 0 Å². The average molecular weight is 629 g/mol. The Balaban J connectivity index is 1.07. The molecule has 0 amide bonds. The lowest BCUT2D eigenvalue weighted by atomic mass is 9.94. The van der Waals surface area contributed by atoms with Crippen LogP contribution < -0.4 is 0 Å². The molecular formula is C45H60N2. The minimum Gasteiger partial charge on any atom is -0.347 e. The largest absolute Gasteiger partial charge is 0.347 e. The van der Waals surface area contributed by atoms with Crippen molar-refractivity contribution in [3.8, 4) is 0 Å². The Morgan fingerprint density at radius 3 is 0.915 bits per heavy atom. The fourth-order valence-electron chi connectivity index (χ4n) is 8.15. The van der Waals surface area contributed by atoms with E-state index >= 15 is 0 Å². The van der Waals surface area contributed by atoms with Crippen LogP contribution in [-0.2, 0) is 13.1 Å². The number of aromatic nitrogens is 2. The molecule has 0 spiro atoms. The van der Waals surface area contributed by atoms with Gasteiger partial charge in [-0.1, -0.05) is 159 Å². The van der Waals surface area contributed by atoms with Crippen molar-refractivity contribution in [3.63, 3.8) is 0 Å². The van der Waals surface area contributed by atoms with Gasteiger partial charge in [0.25, 0.3) is 0 Å². The molecule has 47 heavy (non-hydrogen) atoms. The molecule has 0 radical (unpaired) electrons. The lowest BCUT2D eigenvalue weighted by Crippen LogP contribution is -1.96. The molecule has 2 aromatic heterocycles. The Hall–Kier alpha value is -3.26. The van der Waals surface area contributed by atoms with Gasteiger partial charge in [-0.25, -0.2) is 0 Å². The van der Waals surface area contributed by atoms with Gasteiger partial charge in [-0.05, 0) is 69.4 Å². The van der Waals surface area contributed by atoms with E-state index in [4.69, 9.17) is 0 Å². The highest BCUT2D eigenvalue weighted by molar-refractivity contribution is 6.24. The maximum Gasteiger partial charge on any atom is 0.0486 e. The number of hydrogen-bond acceptors (Lipinski definition) is 0. The summed E-state index contributed by atoms with van der Waals surface area (Å²) >= 11 is 0. The minimum atomic E-state index is 1.12. The van der Waals surface area contributed by atoms with Gasteiger partial charge in [-0.3, -0.25) is 0 Å². The molecule has 4 aromatic carbocycles. The van der Waals surface area contributed by atoms with Crippen LogP contribution in [0.1, 0.15) is 136 Å². The smallest absolute Gasteiger partial charge is 0.0486 e. The highest BCUT2D eigenvalue weighted by atomic mass is 15.0. The zero-order valence-electron chi connectivity index (χ0n) is 29.7. The third kappa shape index (κ3) is 8.07. The van der Waals surface area contributed by atoms with Gasteiger partial charge in [0.1, 0.15) is 0 Å². The van der Waals surface area contributed by atoms with E-state index < -0.39 is 0 Å². The highest BCUT2D eigenvalue weighted by Gasteiger charge is 2.12. The summed E-state index contributed by atoms with van der Waals surface area (Å²) in [5, 5.41) is 11.0. The van der Waals surface area contributed by atoms with Crippen molar-refractivity contribution in [2.75, 3.05) is 0 Å². The van der Waals surface area contributed by atoms with Gasteiger partial charge >= 0.3 is 0 Å². The van der Waals surface area contributed by atoms with Crippen LogP contribution in [0.15, 0.2) is 73.1 Å². The van der Waals surface area contributed by atoms with E-state index in [1.165, 1.54) is 176 Å². The predicted molar refractivity (Wildman–Crippen MR) is 209 cm³/mol. The second kappa shape index (κ2) is 17.2. The number of hydrogen-bond donors (Lipinski definition) is 0. The first-order valence-electron chi connectivity index (χ1n) is 19.6. The molecule has 0 unspecified atom stereocenters. The maximum atomic E-state index is 2.49. The Labute approximate surface area is 284 Å². The van der Waals surface area contributed by atoms with Crippen molar-refractivity contribution in [3.05, 3.63) is 73.1 Å². The van der Waals surface area contributed by atoms with E-state index in [1.807, 2.05) is 0 Å². The second-order valence-corrected chi connectivity index (χ2v) is 14.4. The van der Waals surface area contributed by atoms with Crippen molar-refractivity contribution in [1.82, 2.24) is 9.13 Å². The van der Waals surface area contributed by atoms with E-state index in [-0.39, 0.29) is 0 Å². The van der Waals surface area contributed by atoms with Crippen LogP contribution in [0, 0.1) is 0 Å². The number of rotatable bonds is 21. The van der Waals surface area contributed by atoms with E-state index in [9.17, 15) is 0 Å². The summed E-state index contributed by atoms with van der Waals surface area (Å²) in [4.78, 5) is 0. The number of benzene rings is 4. The maximum absolute atomic E-state index is 2.49. The summed E-state index contributed by atoms with van der Waals surface area (Å²) in [6.45, 7) is 6.84. The molecule has 0 aliphatic carbocycles. The van der Waals surface area contributed by atoms with Crippen LogP contribution in [-0.4, -0.2) is 9.13 Å². The standard InChI is InChI=1S/C45H60N2/c1-3-5-7-9-11-12-13-14-15-16-17-19-21-33-47-35-31-43-41-25-23-36-37(39(41)27-29-45(43)47)22-24-40-38(36)26-28-44-42(40)30-34-46(44)32-20-18-10-8-6-4-2/h22-31,34-35H,3-21,32-33H2,1-2H3. The lowest BCUT2D eigenvalue weighted by molar-refractivity contribution is 0.529. The molecule has 2 nitrogen and oxygen atoms in total. The third-order valence-corrected chi connectivity index (χ3v) is 10.9. The minimum absolute atomic E-state index is 1.12. The zero-order valence-corrected chi connectivity index (χ0v) is 29.7. The van der Waals surface area contributed by atoms with Gasteiger partial charge in [0.15, 0.2) is 0 Å². The molecule has 6 aromatic rings. The van der Waals surface area contributed by atoms with Crippen LogP contribution in [0.2, 0.25) is 0 Å². The number of nitrogens with zero attached hydrogens (tertiary/aromatic N) is 2. The summed E-state index contributed by atoms with van der Waals surface area (Å²) in [7, 11) is 0. The summed E-state index contributed by atoms with van der Waals surface area (Å²) in [5.41, 5.74) is 2.75. The van der Waals surface area contributed by atoms with E-state index in [1.54, 1.807) is 0 Å². The van der Waals surface area contributed by atoms with Crippen LogP contribution in [0.25, 0.3) is 54.1 Å². The van der Waals surface area contributed by atoms with Crippen molar-refractivity contribution in [1.29, 1.82) is 0 Å². The Morgan fingerprint density at radius 2 is 0.574 bits per heavy atom. The number of unbranched alkanes of at least 4 members (excludes halogenated alkanes) is 17. The molecule has 0 aliphatic heterocycles. The van der Waals surface area contributed by atoms with Crippen LogP contribution in [0.3, 0.4) is 0 Å². The summed E-state index contributed by atoms with van der Waals surface area (Å²) in [5.74, 6) is 0. The first-order chi connectivity index (χ1) is 23.3. The summed E-state index contributed by atoms with van der Waals surface area (Å²) < 4.78 is 4.96. The monoisotopic (exact) mass is 628 g/mol. The van der Waals surface area contributed by atoms with E-state index in [2.05, 4.69) is 96.0 Å². The Bertz CT molecular complexity index is 1850. The number of fused-ring (bicyclic) bond motifs is 9.